The van der Waals surface area contributed by atoms with Gasteiger partial charge in [0.2, 0.25) is 0 Å². The second kappa shape index (κ2) is 14.0. The SMILES string of the molecule is C[C@H]1CN(CCOc2ccc(Oc3c(-c4ccc(S(C)(=O)=O)cc4)ccc4cc(OCc5ccccc5)ccc34)cc2)[C@@H](C)CN1. The van der Waals surface area contributed by atoms with Crippen molar-refractivity contribution in [2.75, 3.05) is 32.5 Å². The van der Waals surface area contributed by atoms with Crippen LogP contribution in [-0.2, 0) is 16.4 Å². The van der Waals surface area contributed by atoms with Gasteiger partial charge in [0, 0.05) is 48.9 Å². The van der Waals surface area contributed by atoms with Gasteiger partial charge in [0.15, 0.2) is 9.84 Å². The average Bonchev–Trinajstić information content (AvgIpc) is 3.06. The molecule has 0 saturated carbocycles. The van der Waals surface area contributed by atoms with Crippen LogP contribution in [0.4, 0.5) is 0 Å². The van der Waals surface area contributed by atoms with Gasteiger partial charge in [-0.15, -0.1) is 0 Å². The Morgan fingerprint density at radius 3 is 2.26 bits per heavy atom. The van der Waals surface area contributed by atoms with Gasteiger partial charge in [-0.1, -0.05) is 48.5 Å². The van der Waals surface area contributed by atoms with Crippen LogP contribution in [0.1, 0.15) is 19.4 Å². The van der Waals surface area contributed by atoms with Crippen LogP contribution in [0, 0.1) is 0 Å². The van der Waals surface area contributed by atoms with E-state index in [0.717, 1.165) is 58.6 Å². The maximum Gasteiger partial charge on any atom is 0.175 e. The first-order valence-electron chi connectivity index (χ1n) is 15.6. The number of hydrogen-bond donors (Lipinski definition) is 1. The van der Waals surface area contributed by atoms with Crippen LogP contribution >= 0.6 is 0 Å². The Hall–Kier alpha value is -4.37. The fraction of sp³-hybridized carbons (Fsp3) is 0.263. The van der Waals surface area contributed by atoms with Crippen molar-refractivity contribution in [2.45, 2.75) is 37.4 Å². The van der Waals surface area contributed by atoms with Crippen LogP contribution < -0.4 is 19.5 Å². The summed E-state index contributed by atoms with van der Waals surface area (Å²) in [6, 6.07) is 35.6. The zero-order valence-electron chi connectivity index (χ0n) is 26.5. The summed E-state index contributed by atoms with van der Waals surface area (Å²) in [6.45, 7) is 8.43. The molecule has 0 aliphatic carbocycles. The molecule has 7 nitrogen and oxygen atoms in total. The zero-order valence-corrected chi connectivity index (χ0v) is 27.3. The molecule has 1 heterocycles. The number of sulfone groups is 1. The summed E-state index contributed by atoms with van der Waals surface area (Å²) < 4.78 is 43.0. The van der Waals surface area contributed by atoms with Gasteiger partial charge in [-0.2, -0.15) is 0 Å². The molecule has 0 bridgehead atoms. The number of benzene rings is 5. The third-order valence-corrected chi connectivity index (χ3v) is 9.50. The maximum absolute atomic E-state index is 12.1. The molecule has 5 aromatic rings. The second-order valence-electron chi connectivity index (χ2n) is 12.0. The van der Waals surface area contributed by atoms with E-state index in [0.29, 0.717) is 36.8 Å². The summed E-state index contributed by atoms with van der Waals surface area (Å²) in [7, 11) is -3.31. The third kappa shape index (κ3) is 7.70. The van der Waals surface area contributed by atoms with Crippen molar-refractivity contribution in [1.82, 2.24) is 10.2 Å². The number of ether oxygens (including phenoxy) is 3. The molecular formula is C38H40N2O5S. The van der Waals surface area contributed by atoms with Crippen LogP contribution in [0.2, 0.25) is 0 Å². The molecule has 1 saturated heterocycles. The molecule has 1 aliphatic heterocycles. The van der Waals surface area contributed by atoms with Gasteiger partial charge < -0.3 is 19.5 Å². The Morgan fingerprint density at radius 1 is 0.804 bits per heavy atom. The summed E-state index contributed by atoms with van der Waals surface area (Å²) in [6.07, 6.45) is 1.21. The predicted molar refractivity (Wildman–Crippen MR) is 184 cm³/mol. The Labute approximate surface area is 271 Å². The van der Waals surface area contributed by atoms with Crippen molar-refractivity contribution < 1.29 is 22.6 Å². The smallest absolute Gasteiger partial charge is 0.175 e. The van der Waals surface area contributed by atoms with Gasteiger partial charge >= 0.3 is 0 Å². The largest absolute Gasteiger partial charge is 0.492 e. The van der Waals surface area contributed by atoms with E-state index in [9.17, 15) is 8.42 Å². The van der Waals surface area contributed by atoms with E-state index in [2.05, 4.69) is 24.1 Å². The first-order valence-corrected chi connectivity index (χ1v) is 17.5. The minimum Gasteiger partial charge on any atom is -0.492 e. The average molecular weight is 637 g/mol. The highest BCUT2D eigenvalue weighted by Gasteiger charge is 2.22. The Kier molecular flexibility index (Phi) is 9.59. The van der Waals surface area contributed by atoms with E-state index in [1.165, 1.54) is 6.26 Å². The number of hydrogen-bond acceptors (Lipinski definition) is 7. The molecule has 0 amide bonds. The van der Waals surface area contributed by atoms with Gasteiger partial charge in [-0.25, -0.2) is 8.42 Å². The van der Waals surface area contributed by atoms with E-state index < -0.39 is 9.84 Å². The molecule has 238 valence electrons. The van der Waals surface area contributed by atoms with Gasteiger partial charge in [0.05, 0.1) is 4.90 Å². The topological polar surface area (TPSA) is 77.1 Å². The second-order valence-corrected chi connectivity index (χ2v) is 14.0. The minimum atomic E-state index is -3.31. The lowest BCUT2D eigenvalue weighted by Crippen LogP contribution is -2.55. The third-order valence-electron chi connectivity index (χ3n) is 8.37. The lowest BCUT2D eigenvalue weighted by molar-refractivity contribution is 0.123. The van der Waals surface area contributed by atoms with E-state index in [1.54, 1.807) is 12.1 Å². The number of nitrogens with zero attached hydrogens (tertiary/aromatic N) is 1. The molecule has 2 atom stereocenters. The molecule has 46 heavy (non-hydrogen) atoms. The van der Waals surface area contributed by atoms with Gasteiger partial charge in [-0.05, 0) is 91.0 Å². The molecule has 0 spiro atoms. The molecule has 5 aromatic carbocycles. The summed E-state index contributed by atoms with van der Waals surface area (Å²) in [5, 5.41) is 5.40. The minimum absolute atomic E-state index is 0.274. The number of fused-ring (bicyclic) bond motifs is 1. The molecule has 1 aliphatic rings. The molecule has 0 unspecified atom stereocenters. The van der Waals surface area contributed by atoms with Crippen LogP contribution in [0.5, 0.6) is 23.0 Å². The maximum atomic E-state index is 12.1. The lowest BCUT2D eigenvalue weighted by Gasteiger charge is -2.37. The standard InChI is InChI=1S/C38H40N2O5S/c1-27-25-40(28(2)24-39-27)21-22-43-32-12-14-33(15-13-32)45-38-36(30-9-17-35(18-10-30)46(3,41)42)19-11-31-23-34(16-20-37(31)38)44-26-29-7-5-4-6-8-29/h4-20,23,27-28,39H,21-22,24-26H2,1-3H3/t27-,28-/m0/s1. The highest BCUT2D eigenvalue weighted by atomic mass is 32.2. The van der Waals surface area contributed by atoms with E-state index in [-0.39, 0.29) is 4.90 Å². The van der Waals surface area contributed by atoms with Crippen LogP contribution in [0.25, 0.3) is 21.9 Å². The van der Waals surface area contributed by atoms with E-state index >= 15 is 0 Å². The summed E-state index contributed by atoms with van der Waals surface area (Å²) in [4.78, 5) is 2.73. The molecular weight excluding hydrogens is 596 g/mol. The number of nitrogens with one attached hydrogen (secondary N) is 1. The quantitative estimate of drug-likeness (QED) is 0.163. The van der Waals surface area contributed by atoms with Crippen LogP contribution in [-0.4, -0.2) is 57.9 Å². The fourth-order valence-corrected chi connectivity index (χ4v) is 6.37. The highest BCUT2D eigenvalue weighted by Crippen LogP contribution is 2.41. The van der Waals surface area contributed by atoms with Gasteiger partial charge in [-0.3, -0.25) is 4.90 Å². The Bertz CT molecular complexity index is 1880. The first kappa shape index (κ1) is 31.6. The molecule has 0 aromatic heterocycles. The fourth-order valence-electron chi connectivity index (χ4n) is 5.74. The molecule has 1 N–H and O–H groups in total. The lowest BCUT2D eigenvalue weighted by atomic mass is 9.99. The van der Waals surface area contributed by atoms with Crippen molar-refractivity contribution in [3.63, 3.8) is 0 Å². The summed E-state index contributed by atoms with van der Waals surface area (Å²) in [5.41, 5.74) is 2.80. The normalized spacial score (nSPS) is 17.1. The van der Waals surface area contributed by atoms with E-state index in [1.807, 2.05) is 97.1 Å². The molecule has 0 radical (unpaired) electrons. The van der Waals surface area contributed by atoms with Crippen molar-refractivity contribution >= 4 is 20.6 Å². The summed E-state index contributed by atoms with van der Waals surface area (Å²) in [5.74, 6) is 2.90. The summed E-state index contributed by atoms with van der Waals surface area (Å²) >= 11 is 0. The van der Waals surface area contributed by atoms with Gasteiger partial charge in [0.25, 0.3) is 0 Å². The highest BCUT2D eigenvalue weighted by molar-refractivity contribution is 7.90. The first-order chi connectivity index (χ1) is 22.2. The Morgan fingerprint density at radius 2 is 1.52 bits per heavy atom. The number of rotatable bonds is 11. The molecule has 1 fully saturated rings. The van der Waals surface area contributed by atoms with Crippen molar-refractivity contribution in [3.05, 3.63) is 115 Å². The van der Waals surface area contributed by atoms with Crippen molar-refractivity contribution in [1.29, 1.82) is 0 Å². The van der Waals surface area contributed by atoms with Gasteiger partial charge in [0.1, 0.15) is 36.2 Å². The molecule has 6 rings (SSSR count). The predicted octanol–water partition coefficient (Wildman–Crippen LogP) is 7.34. The van der Waals surface area contributed by atoms with Crippen molar-refractivity contribution in [3.8, 4) is 34.1 Å². The van der Waals surface area contributed by atoms with Crippen LogP contribution in [0.15, 0.2) is 114 Å². The Balaban J connectivity index is 1.24. The zero-order chi connectivity index (χ0) is 32.1. The number of piperazine rings is 1. The van der Waals surface area contributed by atoms with E-state index in [4.69, 9.17) is 14.2 Å². The van der Waals surface area contributed by atoms with Crippen LogP contribution in [0.3, 0.4) is 0 Å². The molecule has 8 heteroatoms. The monoisotopic (exact) mass is 636 g/mol. The van der Waals surface area contributed by atoms with Crippen molar-refractivity contribution in [2.24, 2.45) is 0 Å².